The van der Waals surface area contributed by atoms with E-state index in [0.29, 0.717) is 0 Å². The van der Waals surface area contributed by atoms with Crippen LogP contribution in [0.4, 0.5) is 10.1 Å². The normalized spacial score (nSPS) is 34.0. The van der Waals surface area contributed by atoms with E-state index in [0.717, 1.165) is 11.2 Å². The summed E-state index contributed by atoms with van der Waals surface area (Å²) in [7, 11) is -3.82. The van der Waals surface area contributed by atoms with Crippen molar-refractivity contribution in [2.24, 2.45) is 17.8 Å². The molecule has 3 saturated heterocycles. The molecule has 1 aromatic rings. The van der Waals surface area contributed by atoms with Crippen molar-refractivity contribution in [3.8, 4) is 6.07 Å². The van der Waals surface area contributed by atoms with Crippen LogP contribution >= 0.6 is 0 Å². The average Bonchev–Trinajstić information content (AvgIpc) is 3.21. The van der Waals surface area contributed by atoms with Crippen molar-refractivity contribution in [3.63, 3.8) is 0 Å². The maximum Gasteiger partial charge on any atom is 0.240 e. The van der Waals surface area contributed by atoms with E-state index in [-0.39, 0.29) is 23.2 Å². The number of sulfonamides is 1. The van der Waals surface area contributed by atoms with Crippen molar-refractivity contribution < 1.29 is 31.9 Å². The molecule has 0 aromatic heterocycles. The Balaban J connectivity index is 1.73. The summed E-state index contributed by atoms with van der Waals surface area (Å²) in [5, 5.41) is 9.09. The maximum atomic E-state index is 13.4. The van der Waals surface area contributed by atoms with E-state index in [1.54, 1.807) is 6.92 Å². The molecule has 11 heteroatoms. The Morgan fingerprint density at radius 3 is 2.55 bits per heavy atom. The third-order valence-corrected chi connectivity index (χ3v) is 7.12. The molecule has 2 bridgehead atoms. The number of ether oxygens (including phenoxy) is 1. The van der Waals surface area contributed by atoms with Crippen molar-refractivity contribution in [1.29, 1.82) is 5.26 Å². The van der Waals surface area contributed by atoms with Gasteiger partial charge in [0.1, 0.15) is 6.67 Å². The van der Waals surface area contributed by atoms with E-state index in [9.17, 15) is 27.2 Å². The van der Waals surface area contributed by atoms with Gasteiger partial charge in [0, 0.05) is 5.56 Å². The van der Waals surface area contributed by atoms with Crippen molar-refractivity contribution >= 4 is 33.4 Å². The zero-order valence-corrected chi connectivity index (χ0v) is 17.8. The number of halogens is 1. The number of hydrogen-bond acceptors (Lipinski definition) is 7. The van der Waals surface area contributed by atoms with Crippen LogP contribution in [0, 0.1) is 29.1 Å². The molecule has 3 aliphatic rings. The number of nitrogens with zero attached hydrogens (tertiary/aromatic N) is 2. The molecule has 2 unspecified atom stereocenters. The second kappa shape index (κ2) is 6.58. The molecule has 4 rings (SSSR count). The van der Waals surface area contributed by atoms with Gasteiger partial charge in [-0.1, -0.05) is 0 Å². The third-order valence-electron chi connectivity index (χ3n) is 6.55. The summed E-state index contributed by atoms with van der Waals surface area (Å²) < 4.78 is 44.4. The number of imide groups is 1. The molecule has 1 N–H and O–H groups in total. The Bertz CT molecular complexity index is 1180. The van der Waals surface area contributed by atoms with E-state index in [1.165, 1.54) is 25.1 Å². The van der Waals surface area contributed by atoms with E-state index in [1.807, 2.05) is 10.8 Å². The Morgan fingerprint density at radius 1 is 1.32 bits per heavy atom. The molecule has 31 heavy (non-hydrogen) atoms. The van der Waals surface area contributed by atoms with Crippen molar-refractivity contribution in [2.75, 3.05) is 11.2 Å². The Labute approximate surface area is 178 Å². The van der Waals surface area contributed by atoms with Crippen molar-refractivity contribution in [1.82, 2.24) is 4.72 Å². The SMILES string of the molecule is CC12C[C@@H](C(=O)NS(C)(=O)=O)C(C)(O1)[C@@H]1C(=O)N(c3ccc(C#N)c(CF)c3)C(=O)[C@@H]12. The molecule has 9 nitrogen and oxygen atoms in total. The summed E-state index contributed by atoms with van der Waals surface area (Å²) in [4.78, 5) is 40.2. The number of amides is 3. The maximum absolute atomic E-state index is 13.4. The molecule has 3 amide bonds. The highest BCUT2D eigenvalue weighted by Crippen LogP contribution is 2.63. The smallest absolute Gasteiger partial charge is 0.240 e. The summed E-state index contributed by atoms with van der Waals surface area (Å²) in [5.74, 6) is -4.74. The predicted octanol–water partition coefficient (Wildman–Crippen LogP) is 0.777. The molecule has 0 spiro atoms. The van der Waals surface area contributed by atoms with Gasteiger partial charge < -0.3 is 4.74 Å². The minimum atomic E-state index is -3.82. The predicted molar refractivity (Wildman–Crippen MR) is 104 cm³/mol. The number of carbonyl (C=O) groups is 3. The van der Waals surface area contributed by atoms with Crippen molar-refractivity contribution in [3.05, 3.63) is 29.3 Å². The van der Waals surface area contributed by atoms with Crippen LogP contribution in [-0.4, -0.2) is 43.6 Å². The first-order valence-corrected chi connectivity index (χ1v) is 11.4. The Kier molecular flexibility index (Phi) is 4.54. The molecule has 0 saturated carbocycles. The molecular weight excluding hydrogens is 429 g/mol. The van der Waals surface area contributed by atoms with E-state index in [4.69, 9.17) is 10.00 Å². The highest BCUT2D eigenvalue weighted by atomic mass is 32.2. The highest BCUT2D eigenvalue weighted by molar-refractivity contribution is 7.89. The fourth-order valence-electron chi connectivity index (χ4n) is 5.36. The first-order chi connectivity index (χ1) is 14.4. The van der Waals surface area contributed by atoms with Crippen LogP contribution in [0.1, 0.15) is 31.4 Å². The summed E-state index contributed by atoms with van der Waals surface area (Å²) in [6.07, 6.45) is 0.924. The van der Waals surface area contributed by atoms with Gasteiger partial charge in [-0.2, -0.15) is 5.26 Å². The number of alkyl halides is 1. The average molecular weight is 449 g/mol. The number of nitrogens with one attached hydrogen (secondary N) is 1. The van der Waals surface area contributed by atoms with Gasteiger partial charge in [-0.25, -0.2) is 17.7 Å². The second-order valence-corrected chi connectivity index (χ2v) is 10.4. The minimum absolute atomic E-state index is 0.0553. The quantitative estimate of drug-likeness (QED) is 0.671. The van der Waals surface area contributed by atoms with Gasteiger partial charge in [0.2, 0.25) is 27.7 Å². The lowest BCUT2D eigenvalue weighted by Crippen LogP contribution is -2.52. The van der Waals surface area contributed by atoms with E-state index in [2.05, 4.69) is 0 Å². The summed E-state index contributed by atoms with van der Waals surface area (Å²) in [6.45, 7) is 2.23. The molecule has 3 fully saturated rings. The molecule has 3 heterocycles. The Hall–Kier alpha value is -2.84. The largest absolute Gasteiger partial charge is 0.367 e. The van der Waals surface area contributed by atoms with Crippen LogP contribution < -0.4 is 9.62 Å². The number of hydrogen-bond donors (Lipinski definition) is 1. The molecule has 5 atom stereocenters. The zero-order valence-electron chi connectivity index (χ0n) is 17.0. The van der Waals surface area contributed by atoms with Crippen molar-refractivity contribution in [2.45, 2.75) is 38.1 Å². The summed E-state index contributed by atoms with van der Waals surface area (Å²) >= 11 is 0. The molecule has 3 aliphatic heterocycles. The topological polar surface area (TPSA) is 134 Å². The monoisotopic (exact) mass is 449 g/mol. The molecule has 0 aliphatic carbocycles. The van der Waals surface area contributed by atoms with Crippen LogP contribution in [0.3, 0.4) is 0 Å². The Morgan fingerprint density at radius 2 is 1.97 bits per heavy atom. The lowest BCUT2D eigenvalue weighted by molar-refractivity contribution is -0.135. The third kappa shape index (κ3) is 2.96. The summed E-state index contributed by atoms with van der Waals surface area (Å²) in [5.41, 5.74) is -2.23. The van der Waals surface area contributed by atoms with Crippen LogP contribution in [-0.2, 0) is 35.8 Å². The molecule has 1 aromatic carbocycles. The van der Waals surface area contributed by atoms with Gasteiger partial charge in [-0.15, -0.1) is 0 Å². The van der Waals surface area contributed by atoms with E-state index >= 15 is 0 Å². The van der Waals surface area contributed by atoms with Crippen LogP contribution in [0.5, 0.6) is 0 Å². The van der Waals surface area contributed by atoms with Gasteiger partial charge >= 0.3 is 0 Å². The van der Waals surface area contributed by atoms with Gasteiger partial charge in [-0.05, 0) is 38.5 Å². The number of nitriles is 1. The minimum Gasteiger partial charge on any atom is -0.367 e. The van der Waals surface area contributed by atoms with E-state index < -0.39 is 63.4 Å². The number of fused-ring (bicyclic) bond motifs is 5. The molecule has 164 valence electrons. The van der Waals surface area contributed by atoms with Gasteiger partial charge in [0.25, 0.3) is 0 Å². The van der Waals surface area contributed by atoms with Crippen LogP contribution in [0.2, 0.25) is 0 Å². The molecule has 0 radical (unpaired) electrons. The zero-order chi connectivity index (χ0) is 22.9. The number of rotatable bonds is 4. The summed E-state index contributed by atoms with van der Waals surface area (Å²) in [6, 6.07) is 5.89. The molecular formula is C20H20FN3O6S. The number of anilines is 1. The van der Waals surface area contributed by atoms with Gasteiger partial charge in [0.05, 0.1) is 52.5 Å². The van der Waals surface area contributed by atoms with Crippen LogP contribution in [0.25, 0.3) is 0 Å². The first kappa shape index (κ1) is 21.4. The van der Waals surface area contributed by atoms with Gasteiger partial charge in [-0.3, -0.25) is 19.1 Å². The number of carbonyl (C=O) groups excluding carboxylic acids is 3. The fourth-order valence-corrected chi connectivity index (χ4v) is 5.86. The lowest BCUT2D eigenvalue weighted by atomic mass is 9.63. The highest BCUT2D eigenvalue weighted by Gasteiger charge is 2.76. The standard InChI is InChI=1S/C20H20FN3O6S/c1-19-7-13(16(25)23-31(3,28)29)20(2,30-19)15-14(19)17(26)24(18(15)27)12-5-4-10(9-22)11(6-12)8-21/h4-6,13-15H,7-8H2,1-3H3,(H,23,25)/t13-,14+,15-,19?,20?/m0/s1. The van der Waals surface area contributed by atoms with Crippen LogP contribution in [0.15, 0.2) is 18.2 Å². The first-order valence-electron chi connectivity index (χ1n) is 9.55. The number of benzene rings is 1. The second-order valence-electron chi connectivity index (χ2n) is 8.65. The fraction of sp³-hybridized carbons (Fsp3) is 0.500. The van der Waals surface area contributed by atoms with Gasteiger partial charge in [0.15, 0.2) is 0 Å². The lowest BCUT2D eigenvalue weighted by Gasteiger charge is -2.34.